The molecule has 0 saturated carbocycles. The number of hydrogen-bond acceptors (Lipinski definition) is 3. The number of nitrogens with one attached hydrogen (secondary N) is 1. The SMILES string of the molecule is CC(=O)c1sc(Nc2ccccc2)c(-[n+]2ccccc2)c1-c1ccccc1.[Br-]. The summed E-state index contributed by atoms with van der Waals surface area (Å²) in [4.78, 5) is 13.2. The number of pyridine rings is 1. The minimum absolute atomic E-state index is 0. The van der Waals surface area contributed by atoms with Crippen molar-refractivity contribution in [2.75, 3.05) is 5.32 Å². The molecule has 2 heterocycles. The smallest absolute Gasteiger partial charge is 0.254 e. The number of aromatic nitrogens is 1. The van der Waals surface area contributed by atoms with Gasteiger partial charge in [0.05, 0.1) is 10.4 Å². The summed E-state index contributed by atoms with van der Waals surface area (Å²) < 4.78 is 2.07. The lowest BCUT2D eigenvalue weighted by Gasteiger charge is -2.06. The first-order chi connectivity index (χ1) is 13.2. The number of thiophene rings is 1. The van der Waals surface area contributed by atoms with E-state index in [-0.39, 0.29) is 22.8 Å². The third-order valence-corrected chi connectivity index (χ3v) is 5.47. The Morgan fingerprint density at radius 1 is 0.857 bits per heavy atom. The fourth-order valence-corrected chi connectivity index (χ4v) is 4.21. The monoisotopic (exact) mass is 450 g/mol. The topological polar surface area (TPSA) is 33.0 Å². The number of para-hydroxylation sites is 1. The highest BCUT2D eigenvalue weighted by Gasteiger charge is 2.29. The predicted octanol–water partition coefficient (Wildman–Crippen LogP) is 2.64. The average molecular weight is 451 g/mol. The Morgan fingerprint density at radius 3 is 2.04 bits per heavy atom. The van der Waals surface area contributed by atoms with E-state index in [1.54, 1.807) is 6.92 Å². The Hall–Kier alpha value is -2.76. The van der Waals surface area contributed by atoms with E-state index in [9.17, 15) is 4.79 Å². The van der Waals surface area contributed by atoms with Crippen molar-refractivity contribution >= 4 is 27.8 Å². The Kier molecular flexibility index (Phi) is 6.39. The molecule has 5 heteroatoms. The highest BCUT2D eigenvalue weighted by Crippen LogP contribution is 2.42. The van der Waals surface area contributed by atoms with Crippen LogP contribution in [0.3, 0.4) is 0 Å². The van der Waals surface area contributed by atoms with Crippen molar-refractivity contribution in [3.8, 4) is 16.8 Å². The first-order valence-electron chi connectivity index (χ1n) is 8.76. The van der Waals surface area contributed by atoms with E-state index >= 15 is 0 Å². The van der Waals surface area contributed by atoms with Crippen LogP contribution in [0.15, 0.2) is 91.3 Å². The summed E-state index contributed by atoms with van der Waals surface area (Å²) >= 11 is 1.50. The minimum Gasteiger partial charge on any atom is -1.00 e. The zero-order chi connectivity index (χ0) is 18.6. The standard InChI is InChI=1S/C23H18N2OS.BrH/c1-17(26)22-20(18-11-5-2-6-12-18)21(25-15-9-4-10-16-25)23(27-22)24-19-13-7-3-8-14-19;/h2-16H,1H3;1H. The van der Waals surface area contributed by atoms with E-state index in [0.29, 0.717) is 0 Å². The van der Waals surface area contributed by atoms with Crippen molar-refractivity contribution in [3.63, 3.8) is 0 Å². The second kappa shape index (κ2) is 8.95. The van der Waals surface area contributed by atoms with Crippen molar-refractivity contribution < 1.29 is 26.3 Å². The Balaban J connectivity index is 0.00000225. The molecule has 4 rings (SSSR count). The zero-order valence-electron chi connectivity index (χ0n) is 15.3. The van der Waals surface area contributed by atoms with Crippen LogP contribution in [-0.2, 0) is 0 Å². The van der Waals surface area contributed by atoms with Crippen LogP contribution in [0, 0.1) is 0 Å². The van der Waals surface area contributed by atoms with Gasteiger partial charge in [-0.25, -0.2) is 0 Å². The van der Waals surface area contributed by atoms with Crippen LogP contribution in [0.25, 0.3) is 16.8 Å². The molecular weight excluding hydrogens is 432 g/mol. The number of ketones is 1. The summed E-state index contributed by atoms with van der Waals surface area (Å²) in [6.07, 6.45) is 4.02. The Bertz CT molecular complexity index is 1060. The molecule has 28 heavy (non-hydrogen) atoms. The third kappa shape index (κ3) is 4.06. The maximum absolute atomic E-state index is 12.5. The quantitative estimate of drug-likeness (QED) is 0.374. The van der Waals surface area contributed by atoms with Crippen LogP contribution in [0.5, 0.6) is 0 Å². The number of carbonyl (C=O) groups is 1. The summed E-state index contributed by atoms with van der Waals surface area (Å²) in [6.45, 7) is 1.63. The van der Waals surface area contributed by atoms with Gasteiger partial charge < -0.3 is 22.3 Å². The molecule has 140 valence electrons. The van der Waals surface area contributed by atoms with Crippen molar-refractivity contribution in [2.45, 2.75) is 6.92 Å². The molecule has 0 spiro atoms. The Labute approximate surface area is 179 Å². The molecule has 2 aromatic carbocycles. The van der Waals surface area contributed by atoms with Gasteiger partial charge in [-0.3, -0.25) is 4.79 Å². The molecule has 1 N–H and O–H groups in total. The number of nitrogens with zero attached hydrogens (tertiary/aromatic N) is 1. The second-order valence-electron chi connectivity index (χ2n) is 6.18. The number of anilines is 2. The summed E-state index contributed by atoms with van der Waals surface area (Å²) in [6, 6.07) is 26.1. The van der Waals surface area contributed by atoms with Crippen molar-refractivity contribution in [1.82, 2.24) is 0 Å². The second-order valence-corrected chi connectivity index (χ2v) is 7.20. The molecule has 0 saturated heterocycles. The molecule has 0 fully saturated rings. The largest absolute Gasteiger partial charge is 1.00 e. The molecule has 0 unspecified atom stereocenters. The lowest BCUT2D eigenvalue weighted by Crippen LogP contribution is -3.00. The van der Waals surface area contributed by atoms with Gasteiger partial charge in [-0.2, -0.15) is 4.57 Å². The van der Waals surface area contributed by atoms with Gasteiger partial charge in [0.1, 0.15) is 0 Å². The van der Waals surface area contributed by atoms with E-state index in [1.165, 1.54) is 11.3 Å². The highest BCUT2D eigenvalue weighted by atomic mass is 79.9. The lowest BCUT2D eigenvalue weighted by molar-refractivity contribution is -0.594. The molecule has 2 aromatic heterocycles. The summed E-state index contributed by atoms with van der Waals surface area (Å²) in [5.74, 6) is 0.0674. The van der Waals surface area contributed by atoms with Crippen LogP contribution in [0.1, 0.15) is 16.6 Å². The molecule has 0 aliphatic rings. The van der Waals surface area contributed by atoms with Gasteiger partial charge in [-0.15, -0.1) is 11.3 Å². The van der Waals surface area contributed by atoms with Gasteiger partial charge in [0.2, 0.25) is 0 Å². The fourth-order valence-electron chi connectivity index (χ4n) is 3.07. The van der Waals surface area contributed by atoms with Gasteiger partial charge in [0.15, 0.2) is 23.2 Å². The molecule has 0 atom stereocenters. The normalized spacial score (nSPS) is 10.2. The average Bonchev–Trinajstić information content (AvgIpc) is 3.09. The molecule has 3 nitrogen and oxygen atoms in total. The van der Waals surface area contributed by atoms with E-state index in [1.807, 2.05) is 91.3 Å². The van der Waals surface area contributed by atoms with E-state index in [2.05, 4.69) is 9.88 Å². The van der Waals surface area contributed by atoms with Gasteiger partial charge in [0, 0.05) is 17.8 Å². The minimum atomic E-state index is 0. The van der Waals surface area contributed by atoms with E-state index < -0.39 is 0 Å². The molecular formula is C23H19BrN2OS. The summed E-state index contributed by atoms with van der Waals surface area (Å²) in [7, 11) is 0. The first-order valence-corrected chi connectivity index (χ1v) is 9.57. The molecule has 0 aliphatic carbocycles. The number of carbonyl (C=O) groups excluding carboxylic acids is 1. The Morgan fingerprint density at radius 2 is 1.43 bits per heavy atom. The van der Waals surface area contributed by atoms with Crippen molar-refractivity contribution in [1.29, 1.82) is 0 Å². The highest BCUT2D eigenvalue weighted by molar-refractivity contribution is 7.19. The number of rotatable bonds is 5. The van der Waals surface area contributed by atoms with Gasteiger partial charge in [-0.1, -0.05) is 54.6 Å². The predicted molar refractivity (Wildman–Crippen MR) is 111 cm³/mol. The first kappa shape index (κ1) is 20.0. The van der Waals surface area contributed by atoms with Crippen LogP contribution < -0.4 is 26.9 Å². The molecule has 0 aliphatic heterocycles. The van der Waals surface area contributed by atoms with Crippen molar-refractivity contribution in [3.05, 3.63) is 96.1 Å². The fraction of sp³-hybridized carbons (Fsp3) is 0.0435. The van der Waals surface area contributed by atoms with E-state index in [4.69, 9.17) is 0 Å². The van der Waals surface area contributed by atoms with Crippen LogP contribution >= 0.6 is 11.3 Å². The van der Waals surface area contributed by atoms with Crippen LogP contribution in [0.4, 0.5) is 10.7 Å². The zero-order valence-corrected chi connectivity index (χ0v) is 17.7. The summed E-state index contributed by atoms with van der Waals surface area (Å²) in [5, 5.41) is 4.45. The molecule has 0 radical (unpaired) electrons. The van der Waals surface area contributed by atoms with Gasteiger partial charge in [0.25, 0.3) is 5.69 Å². The number of hydrogen-bond donors (Lipinski definition) is 1. The maximum atomic E-state index is 12.5. The number of halogens is 1. The van der Waals surface area contributed by atoms with Crippen molar-refractivity contribution in [2.24, 2.45) is 0 Å². The van der Waals surface area contributed by atoms with Gasteiger partial charge >= 0.3 is 0 Å². The van der Waals surface area contributed by atoms with Crippen LogP contribution in [0.2, 0.25) is 0 Å². The van der Waals surface area contributed by atoms with E-state index in [0.717, 1.165) is 32.4 Å². The number of Topliss-reactive ketones (excluding diaryl/α,β-unsaturated/α-hetero) is 1. The summed E-state index contributed by atoms with van der Waals surface area (Å²) in [5.41, 5.74) is 3.97. The maximum Gasteiger partial charge on any atom is 0.254 e. The van der Waals surface area contributed by atoms with Crippen LogP contribution in [-0.4, -0.2) is 5.78 Å². The third-order valence-electron chi connectivity index (χ3n) is 4.27. The molecule has 0 amide bonds. The van der Waals surface area contributed by atoms with Gasteiger partial charge in [-0.05, 0) is 24.6 Å². The lowest BCUT2D eigenvalue weighted by atomic mass is 10.0. The number of benzene rings is 2. The molecule has 4 aromatic rings. The molecule has 0 bridgehead atoms.